The van der Waals surface area contributed by atoms with Gasteiger partial charge in [-0.05, 0) is 30.3 Å². The van der Waals surface area contributed by atoms with Crippen molar-refractivity contribution in [1.29, 1.82) is 0 Å². The number of thiophene rings is 1. The highest BCUT2D eigenvalue weighted by Crippen LogP contribution is 2.26. The molecule has 1 aromatic carbocycles. The van der Waals surface area contributed by atoms with Gasteiger partial charge in [0.15, 0.2) is 0 Å². The van der Waals surface area contributed by atoms with Crippen LogP contribution in [0.5, 0.6) is 0 Å². The van der Waals surface area contributed by atoms with E-state index >= 15 is 0 Å². The summed E-state index contributed by atoms with van der Waals surface area (Å²) in [5.74, 6) is -1.79. The third kappa shape index (κ3) is 2.92. The fourth-order valence-corrected chi connectivity index (χ4v) is 2.83. The molecule has 0 bridgehead atoms. The molecular weight excluding hydrogens is 308 g/mol. The SMILES string of the molecule is O=C(NCc1cc(-c2ccco2)cs1)c1c(F)cccc1F. The topological polar surface area (TPSA) is 42.2 Å². The van der Waals surface area contributed by atoms with Gasteiger partial charge in [0, 0.05) is 15.8 Å². The van der Waals surface area contributed by atoms with Crippen LogP contribution in [0.15, 0.2) is 52.5 Å². The number of furan rings is 1. The Balaban J connectivity index is 1.69. The van der Waals surface area contributed by atoms with Gasteiger partial charge in [0.25, 0.3) is 5.91 Å². The molecule has 0 unspecified atom stereocenters. The van der Waals surface area contributed by atoms with Crippen LogP contribution in [0.2, 0.25) is 0 Å². The van der Waals surface area contributed by atoms with Gasteiger partial charge in [-0.1, -0.05) is 6.07 Å². The van der Waals surface area contributed by atoms with E-state index in [0.29, 0.717) is 0 Å². The van der Waals surface area contributed by atoms with Crippen molar-refractivity contribution < 1.29 is 18.0 Å². The van der Waals surface area contributed by atoms with Gasteiger partial charge in [0.1, 0.15) is 23.0 Å². The zero-order chi connectivity index (χ0) is 15.5. The molecule has 0 saturated carbocycles. The fraction of sp³-hybridized carbons (Fsp3) is 0.0625. The first-order valence-electron chi connectivity index (χ1n) is 6.48. The number of amides is 1. The van der Waals surface area contributed by atoms with Crippen molar-refractivity contribution in [1.82, 2.24) is 5.32 Å². The molecule has 0 saturated heterocycles. The smallest absolute Gasteiger partial charge is 0.257 e. The molecule has 1 amide bonds. The van der Waals surface area contributed by atoms with E-state index in [1.165, 1.54) is 17.4 Å². The second-order valence-corrected chi connectivity index (χ2v) is 5.55. The second kappa shape index (κ2) is 6.11. The third-order valence-corrected chi connectivity index (χ3v) is 4.01. The molecule has 112 valence electrons. The van der Waals surface area contributed by atoms with Crippen LogP contribution in [-0.2, 0) is 6.54 Å². The van der Waals surface area contributed by atoms with Crippen LogP contribution in [0.1, 0.15) is 15.2 Å². The molecule has 0 aliphatic heterocycles. The molecular formula is C16H11F2NO2S. The summed E-state index contributed by atoms with van der Waals surface area (Å²) in [6.07, 6.45) is 1.58. The number of carbonyl (C=O) groups excluding carboxylic acids is 1. The van der Waals surface area contributed by atoms with E-state index in [1.54, 1.807) is 12.3 Å². The van der Waals surface area contributed by atoms with E-state index in [4.69, 9.17) is 4.42 Å². The predicted octanol–water partition coefficient (Wildman–Crippen LogP) is 4.22. The van der Waals surface area contributed by atoms with E-state index < -0.39 is 23.1 Å². The van der Waals surface area contributed by atoms with Crippen molar-refractivity contribution in [3.8, 4) is 11.3 Å². The van der Waals surface area contributed by atoms with Crippen LogP contribution >= 0.6 is 11.3 Å². The number of halogens is 2. The summed E-state index contributed by atoms with van der Waals surface area (Å²) in [4.78, 5) is 12.7. The third-order valence-electron chi connectivity index (χ3n) is 3.07. The van der Waals surface area contributed by atoms with Gasteiger partial charge in [-0.15, -0.1) is 11.3 Å². The highest BCUT2D eigenvalue weighted by atomic mass is 32.1. The molecule has 22 heavy (non-hydrogen) atoms. The van der Waals surface area contributed by atoms with E-state index in [9.17, 15) is 13.6 Å². The lowest BCUT2D eigenvalue weighted by Crippen LogP contribution is -2.24. The van der Waals surface area contributed by atoms with Gasteiger partial charge in [-0.2, -0.15) is 0 Å². The summed E-state index contributed by atoms with van der Waals surface area (Å²) >= 11 is 1.43. The minimum absolute atomic E-state index is 0.192. The molecule has 0 spiro atoms. The Morgan fingerprint density at radius 2 is 1.95 bits per heavy atom. The molecule has 0 aliphatic rings. The quantitative estimate of drug-likeness (QED) is 0.782. The maximum atomic E-state index is 13.5. The maximum absolute atomic E-state index is 13.5. The Labute approximate surface area is 129 Å². The van der Waals surface area contributed by atoms with Crippen molar-refractivity contribution in [3.05, 3.63) is 70.1 Å². The summed E-state index contributed by atoms with van der Waals surface area (Å²) in [5.41, 5.74) is 0.335. The van der Waals surface area contributed by atoms with Crippen LogP contribution in [0.3, 0.4) is 0 Å². The lowest BCUT2D eigenvalue weighted by molar-refractivity contribution is 0.0943. The van der Waals surface area contributed by atoms with Crippen molar-refractivity contribution in [2.45, 2.75) is 6.54 Å². The maximum Gasteiger partial charge on any atom is 0.257 e. The number of hydrogen-bond acceptors (Lipinski definition) is 3. The average molecular weight is 319 g/mol. The lowest BCUT2D eigenvalue weighted by atomic mass is 10.2. The summed E-state index contributed by atoms with van der Waals surface area (Å²) in [7, 11) is 0. The molecule has 1 N–H and O–H groups in total. The largest absolute Gasteiger partial charge is 0.464 e. The molecule has 3 nitrogen and oxygen atoms in total. The number of nitrogens with one attached hydrogen (secondary N) is 1. The number of rotatable bonds is 4. The molecule has 2 heterocycles. The Kier molecular flexibility index (Phi) is 4.02. The van der Waals surface area contributed by atoms with Crippen molar-refractivity contribution >= 4 is 17.2 Å². The normalized spacial score (nSPS) is 10.6. The van der Waals surface area contributed by atoms with Crippen LogP contribution in [0, 0.1) is 11.6 Å². The minimum Gasteiger partial charge on any atom is -0.464 e. The van der Waals surface area contributed by atoms with Gasteiger partial charge in [-0.25, -0.2) is 8.78 Å². The van der Waals surface area contributed by atoms with E-state index in [-0.39, 0.29) is 6.54 Å². The second-order valence-electron chi connectivity index (χ2n) is 4.56. The van der Waals surface area contributed by atoms with Crippen LogP contribution < -0.4 is 5.32 Å². The molecule has 0 fully saturated rings. The average Bonchev–Trinajstić information content (AvgIpc) is 3.16. The highest BCUT2D eigenvalue weighted by molar-refractivity contribution is 7.10. The van der Waals surface area contributed by atoms with Crippen LogP contribution in [0.4, 0.5) is 8.78 Å². The monoisotopic (exact) mass is 319 g/mol. The zero-order valence-corrected chi connectivity index (χ0v) is 12.1. The lowest BCUT2D eigenvalue weighted by Gasteiger charge is -2.05. The summed E-state index contributed by atoms with van der Waals surface area (Å²) in [6, 6.07) is 8.81. The van der Waals surface area contributed by atoms with Crippen molar-refractivity contribution in [2.24, 2.45) is 0 Å². The number of benzene rings is 1. The molecule has 3 aromatic rings. The van der Waals surface area contributed by atoms with Crippen LogP contribution in [-0.4, -0.2) is 5.91 Å². The van der Waals surface area contributed by atoms with Gasteiger partial charge in [-0.3, -0.25) is 4.79 Å². The Bertz CT molecular complexity index is 776. The van der Waals surface area contributed by atoms with E-state index in [2.05, 4.69) is 5.32 Å². The summed E-state index contributed by atoms with van der Waals surface area (Å²) in [5, 5.41) is 4.41. The Morgan fingerprint density at radius 1 is 1.18 bits per heavy atom. The molecule has 2 aromatic heterocycles. The number of hydrogen-bond donors (Lipinski definition) is 1. The Morgan fingerprint density at radius 3 is 2.64 bits per heavy atom. The summed E-state index contributed by atoms with van der Waals surface area (Å²) < 4.78 is 32.3. The fourth-order valence-electron chi connectivity index (χ4n) is 2.02. The zero-order valence-electron chi connectivity index (χ0n) is 11.3. The predicted molar refractivity (Wildman–Crippen MR) is 79.5 cm³/mol. The first-order chi connectivity index (χ1) is 10.6. The van der Waals surface area contributed by atoms with Gasteiger partial charge in [0.05, 0.1) is 12.8 Å². The van der Waals surface area contributed by atoms with E-state index in [0.717, 1.165) is 28.3 Å². The first kappa shape index (κ1) is 14.5. The van der Waals surface area contributed by atoms with Gasteiger partial charge in [0.2, 0.25) is 0 Å². The van der Waals surface area contributed by atoms with Crippen molar-refractivity contribution in [2.75, 3.05) is 0 Å². The molecule has 0 atom stereocenters. The van der Waals surface area contributed by atoms with Gasteiger partial charge >= 0.3 is 0 Å². The number of carbonyl (C=O) groups is 1. The van der Waals surface area contributed by atoms with Crippen molar-refractivity contribution in [3.63, 3.8) is 0 Å². The Hall–Kier alpha value is -2.47. The first-order valence-corrected chi connectivity index (χ1v) is 7.36. The molecule has 0 aliphatic carbocycles. The van der Waals surface area contributed by atoms with Gasteiger partial charge < -0.3 is 9.73 Å². The standard InChI is InChI=1S/C16H11F2NO2S/c17-12-3-1-4-13(18)15(12)16(20)19-8-11-7-10(9-22-11)14-5-2-6-21-14/h1-7,9H,8H2,(H,19,20). The molecule has 3 rings (SSSR count). The minimum atomic E-state index is -0.875. The molecule has 0 radical (unpaired) electrons. The summed E-state index contributed by atoms with van der Waals surface area (Å²) in [6.45, 7) is 0.192. The van der Waals surface area contributed by atoms with E-state index in [1.807, 2.05) is 17.5 Å². The molecule has 6 heteroatoms. The highest BCUT2D eigenvalue weighted by Gasteiger charge is 2.16. The van der Waals surface area contributed by atoms with Crippen LogP contribution in [0.25, 0.3) is 11.3 Å².